The van der Waals surface area contributed by atoms with E-state index in [1.807, 2.05) is 24.4 Å². The largest absolute Gasteiger partial charge is 0.504 e. The zero-order chi connectivity index (χ0) is 26.6. The van der Waals surface area contributed by atoms with Crippen LogP contribution in [0, 0.1) is 10.1 Å². The first kappa shape index (κ1) is 25.1. The van der Waals surface area contributed by atoms with Crippen LogP contribution < -0.4 is 9.47 Å². The molecule has 5 rings (SSSR count). The normalized spacial score (nSPS) is 17.7. The lowest BCUT2D eigenvalue weighted by Gasteiger charge is -2.37. The van der Waals surface area contributed by atoms with Gasteiger partial charge in [0.1, 0.15) is 11.9 Å². The summed E-state index contributed by atoms with van der Waals surface area (Å²) in [6.07, 6.45) is 4.19. The number of phenols is 2. The van der Waals surface area contributed by atoms with E-state index >= 15 is 0 Å². The quantitative estimate of drug-likeness (QED) is 0.197. The van der Waals surface area contributed by atoms with Crippen LogP contribution in [0.25, 0.3) is 5.69 Å². The van der Waals surface area contributed by atoms with Crippen LogP contribution in [0.3, 0.4) is 0 Å². The van der Waals surface area contributed by atoms with Crippen molar-refractivity contribution >= 4 is 5.69 Å². The monoisotopic (exact) mass is 516 g/mol. The number of piperidine rings is 1. The van der Waals surface area contributed by atoms with E-state index in [9.17, 15) is 20.3 Å². The van der Waals surface area contributed by atoms with Gasteiger partial charge in [-0.3, -0.25) is 15.0 Å². The van der Waals surface area contributed by atoms with E-state index in [1.54, 1.807) is 29.1 Å². The number of nitro groups is 1. The molecule has 0 radical (unpaired) electrons. The zero-order valence-corrected chi connectivity index (χ0v) is 20.8. The summed E-state index contributed by atoms with van der Waals surface area (Å²) >= 11 is 0. The summed E-state index contributed by atoms with van der Waals surface area (Å²) in [7, 11) is 1.41. The van der Waals surface area contributed by atoms with Gasteiger partial charge >= 0.3 is 0 Å². The summed E-state index contributed by atoms with van der Waals surface area (Å²) < 4.78 is 13.1. The van der Waals surface area contributed by atoms with Crippen molar-refractivity contribution in [2.45, 2.75) is 25.0 Å². The van der Waals surface area contributed by atoms with Gasteiger partial charge in [0.15, 0.2) is 11.5 Å². The summed E-state index contributed by atoms with van der Waals surface area (Å²) in [6.45, 7) is 2.19. The van der Waals surface area contributed by atoms with Crippen molar-refractivity contribution in [2.75, 3.05) is 20.2 Å². The number of non-ortho nitro benzene ring substituents is 1. The third-order valence-electron chi connectivity index (χ3n) is 6.67. The molecule has 1 aromatic heterocycles. The van der Waals surface area contributed by atoms with Crippen molar-refractivity contribution in [1.82, 2.24) is 14.7 Å². The first-order valence-electron chi connectivity index (χ1n) is 12.2. The lowest BCUT2D eigenvalue weighted by Crippen LogP contribution is -2.44. The van der Waals surface area contributed by atoms with Gasteiger partial charge < -0.3 is 19.7 Å². The molecule has 2 heterocycles. The molecular formula is C28H28N4O6. The molecule has 3 aromatic carbocycles. The first-order valence-corrected chi connectivity index (χ1v) is 12.2. The first-order chi connectivity index (χ1) is 18.4. The van der Waals surface area contributed by atoms with Gasteiger partial charge in [-0.05, 0) is 23.6 Å². The molecule has 10 heteroatoms. The third-order valence-corrected chi connectivity index (χ3v) is 6.67. The smallest absolute Gasteiger partial charge is 0.273 e. The number of hydrogen-bond donors (Lipinski definition) is 2. The topological polar surface area (TPSA) is 123 Å². The van der Waals surface area contributed by atoms with Crippen LogP contribution in [-0.2, 0) is 6.54 Å². The van der Waals surface area contributed by atoms with Gasteiger partial charge in [-0.1, -0.05) is 36.4 Å². The molecule has 0 bridgehead atoms. The van der Waals surface area contributed by atoms with E-state index in [4.69, 9.17) is 9.47 Å². The zero-order valence-electron chi connectivity index (χ0n) is 20.8. The minimum absolute atomic E-state index is 0.00939. The summed E-state index contributed by atoms with van der Waals surface area (Å²) in [5.74, 6) is 0.0701. The fraction of sp³-hybridized carbons (Fsp3) is 0.250. The Morgan fingerprint density at radius 3 is 2.66 bits per heavy atom. The number of likely N-dealkylation sites (tertiary alicyclic amines) is 1. The number of hydrogen-bond acceptors (Lipinski definition) is 8. The van der Waals surface area contributed by atoms with Crippen LogP contribution >= 0.6 is 0 Å². The second-order valence-electron chi connectivity index (χ2n) is 9.34. The van der Waals surface area contributed by atoms with Crippen molar-refractivity contribution < 1.29 is 24.6 Å². The molecule has 1 aliphatic heterocycles. The lowest BCUT2D eigenvalue weighted by atomic mass is 9.90. The van der Waals surface area contributed by atoms with Gasteiger partial charge in [0.05, 0.1) is 30.0 Å². The van der Waals surface area contributed by atoms with E-state index in [0.29, 0.717) is 24.4 Å². The van der Waals surface area contributed by atoms with Gasteiger partial charge in [-0.15, -0.1) is 0 Å². The number of benzene rings is 3. The Bertz CT molecular complexity index is 1420. The van der Waals surface area contributed by atoms with Gasteiger partial charge in [0, 0.05) is 49.9 Å². The van der Waals surface area contributed by atoms with Crippen LogP contribution in [-0.4, -0.2) is 56.1 Å². The second-order valence-corrected chi connectivity index (χ2v) is 9.34. The number of nitrogens with zero attached hydrogens (tertiary/aromatic N) is 4. The van der Waals surface area contributed by atoms with Crippen LogP contribution in [0.15, 0.2) is 79.1 Å². The number of aromatic hydroxyl groups is 2. The van der Waals surface area contributed by atoms with Crippen LogP contribution in [0.1, 0.15) is 23.5 Å². The van der Waals surface area contributed by atoms with Crippen molar-refractivity contribution in [2.24, 2.45) is 0 Å². The maximum Gasteiger partial charge on any atom is 0.273 e. The molecule has 0 amide bonds. The van der Waals surface area contributed by atoms with E-state index in [1.165, 1.54) is 30.9 Å². The average Bonchev–Trinajstić information content (AvgIpc) is 3.41. The molecule has 10 nitrogen and oxygen atoms in total. The number of aromatic nitrogens is 2. The fourth-order valence-corrected chi connectivity index (χ4v) is 4.86. The predicted octanol–water partition coefficient (Wildman–Crippen LogP) is 4.64. The van der Waals surface area contributed by atoms with Gasteiger partial charge in [0.25, 0.3) is 5.69 Å². The number of rotatable bonds is 8. The highest BCUT2D eigenvalue weighted by molar-refractivity contribution is 5.56. The number of methoxy groups -OCH3 is 1. The summed E-state index contributed by atoms with van der Waals surface area (Å²) in [6, 6.07) is 19.5. The molecule has 0 aliphatic carbocycles. The Balaban J connectivity index is 1.40. The van der Waals surface area contributed by atoms with Gasteiger partial charge in [-0.25, -0.2) is 4.68 Å². The molecule has 2 unspecified atom stereocenters. The Hall–Kier alpha value is -4.57. The summed E-state index contributed by atoms with van der Waals surface area (Å²) in [4.78, 5) is 13.1. The molecule has 2 atom stereocenters. The Labute approximate surface area is 219 Å². The minimum atomic E-state index is -0.428. The average molecular weight is 517 g/mol. The lowest BCUT2D eigenvalue weighted by molar-refractivity contribution is -0.385. The highest BCUT2D eigenvalue weighted by Gasteiger charge is 2.31. The Morgan fingerprint density at radius 1 is 1.08 bits per heavy atom. The molecule has 1 fully saturated rings. The maximum atomic E-state index is 11.2. The highest BCUT2D eigenvalue weighted by Crippen LogP contribution is 2.38. The molecule has 2 N–H and O–H groups in total. The standard InChI is InChI=1S/C28H28N4O6/c1-37-27-13-23(12-26(33)28(27)34)31-17-21(14-29-31)20-10-25(38-24-9-5-8-22(11-24)32(35)36)18-30(16-20)15-19-6-3-2-4-7-19/h2-9,11-14,17,20,25,33-34H,10,15-16,18H2,1H3. The van der Waals surface area contributed by atoms with Crippen molar-refractivity contribution in [3.8, 4) is 28.7 Å². The number of nitro benzene ring substituents is 1. The molecular weight excluding hydrogens is 488 g/mol. The van der Waals surface area contributed by atoms with Crippen LogP contribution in [0.5, 0.6) is 23.0 Å². The number of phenolic OH excluding ortho intramolecular Hbond substituents is 2. The Morgan fingerprint density at radius 2 is 1.89 bits per heavy atom. The van der Waals surface area contributed by atoms with Crippen molar-refractivity contribution in [3.05, 3.63) is 100 Å². The molecule has 4 aromatic rings. The SMILES string of the molecule is COc1cc(-n2cc(C3CC(Oc4cccc([N+](=O)[O-])c4)CN(Cc4ccccc4)C3)cn2)cc(O)c1O. The summed E-state index contributed by atoms with van der Waals surface area (Å²) in [5.41, 5.74) is 2.71. The molecule has 196 valence electrons. The van der Waals surface area contributed by atoms with Crippen LogP contribution in [0.2, 0.25) is 0 Å². The molecule has 0 spiro atoms. The second kappa shape index (κ2) is 10.8. The van der Waals surface area contributed by atoms with Gasteiger partial charge in [-0.2, -0.15) is 5.10 Å². The number of ether oxygens (including phenoxy) is 2. The molecule has 38 heavy (non-hydrogen) atoms. The fourth-order valence-electron chi connectivity index (χ4n) is 4.86. The van der Waals surface area contributed by atoms with E-state index < -0.39 is 4.92 Å². The van der Waals surface area contributed by atoms with Gasteiger partial charge in [0.2, 0.25) is 5.75 Å². The minimum Gasteiger partial charge on any atom is -0.504 e. The summed E-state index contributed by atoms with van der Waals surface area (Å²) in [5, 5.41) is 35.8. The van der Waals surface area contributed by atoms with Crippen LogP contribution in [0.4, 0.5) is 5.69 Å². The molecule has 0 saturated carbocycles. The molecule has 1 saturated heterocycles. The maximum absolute atomic E-state index is 11.2. The van der Waals surface area contributed by atoms with E-state index in [0.717, 1.165) is 18.7 Å². The Kier molecular flexibility index (Phi) is 7.14. The van der Waals surface area contributed by atoms with Crippen molar-refractivity contribution in [1.29, 1.82) is 0 Å². The highest BCUT2D eigenvalue weighted by atomic mass is 16.6. The molecule has 1 aliphatic rings. The predicted molar refractivity (Wildman–Crippen MR) is 140 cm³/mol. The van der Waals surface area contributed by atoms with Crippen molar-refractivity contribution in [3.63, 3.8) is 0 Å². The van der Waals surface area contributed by atoms with E-state index in [2.05, 4.69) is 22.1 Å². The van der Waals surface area contributed by atoms with E-state index in [-0.39, 0.29) is 35.0 Å². The third kappa shape index (κ3) is 5.55.